The van der Waals surface area contributed by atoms with Gasteiger partial charge in [-0.25, -0.2) is 9.18 Å². The van der Waals surface area contributed by atoms with Crippen molar-refractivity contribution in [3.8, 4) is 0 Å². The van der Waals surface area contributed by atoms with Crippen LogP contribution in [0, 0.1) is 17.8 Å². The summed E-state index contributed by atoms with van der Waals surface area (Å²) >= 11 is 0. The monoisotopic (exact) mass is 328 g/mol. The smallest absolute Gasteiger partial charge is 0.322 e. The number of carbonyl (C=O) groups excluding carboxylic acids is 1. The maximum atomic E-state index is 14.8. The first-order chi connectivity index (χ1) is 11.6. The highest BCUT2D eigenvalue weighted by Crippen LogP contribution is 2.57. The summed E-state index contributed by atoms with van der Waals surface area (Å²) in [5.41, 5.74) is 1.37. The first-order valence-corrected chi connectivity index (χ1v) is 9.46. The van der Waals surface area contributed by atoms with E-state index < -0.39 is 5.67 Å². The number of carbonyl (C=O) groups is 1. The van der Waals surface area contributed by atoms with E-state index in [9.17, 15) is 9.18 Å². The minimum Gasteiger partial charge on any atom is -0.334 e. The number of hydrogen-bond acceptors (Lipinski definition) is 1. The van der Waals surface area contributed by atoms with Crippen molar-refractivity contribution in [2.75, 3.05) is 11.4 Å². The maximum absolute atomic E-state index is 14.8. The fraction of sp³-hybridized carbons (Fsp3) is 0.650. The Bertz CT molecular complexity index is 659. The summed E-state index contributed by atoms with van der Waals surface area (Å²) in [6.45, 7) is 0.778. The van der Waals surface area contributed by atoms with Crippen LogP contribution in [0.4, 0.5) is 14.9 Å². The standard InChI is InChI=1S/C20H25FN2O/c21-20-10-13-8-15(11-20)18(16(9-13)12-20)22-19(24)23-7-3-5-14-4-1-2-6-17(14)23/h1-2,4,6,13,15-16,18H,3,5,7-12H2,(H,22,24)/t13?,15-,16+,18+,20+. The van der Waals surface area contributed by atoms with Crippen LogP contribution < -0.4 is 10.2 Å². The van der Waals surface area contributed by atoms with Crippen molar-refractivity contribution in [2.24, 2.45) is 17.8 Å². The number of para-hydroxylation sites is 1. The first-order valence-electron chi connectivity index (χ1n) is 9.46. The normalized spacial score (nSPS) is 39.6. The number of aryl methyl sites for hydroxylation is 1. The van der Waals surface area contributed by atoms with Crippen molar-refractivity contribution in [3.05, 3.63) is 29.8 Å². The van der Waals surface area contributed by atoms with Gasteiger partial charge in [0.2, 0.25) is 0 Å². The lowest BCUT2D eigenvalue weighted by molar-refractivity contribution is -0.0899. The van der Waals surface area contributed by atoms with Crippen LogP contribution in [0.1, 0.15) is 44.1 Å². The Morgan fingerprint density at radius 1 is 1.17 bits per heavy atom. The molecule has 1 unspecified atom stereocenters. The molecule has 4 heteroatoms. The van der Waals surface area contributed by atoms with Gasteiger partial charge < -0.3 is 5.32 Å². The van der Waals surface area contributed by atoms with Gasteiger partial charge in [0.15, 0.2) is 0 Å². The Hall–Kier alpha value is -1.58. The zero-order valence-corrected chi connectivity index (χ0v) is 14.0. The lowest BCUT2D eigenvalue weighted by Crippen LogP contribution is -2.62. The van der Waals surface area contributed by atoms with E-state index in [1.807, 2.05) is 23.1 Å². The van der Waals surface area contributed by atoms with Gasteiger partial charge in [0, 0.05) is 18.3 Å². The van der Waals surface area contributed by atoms with Crippen molar-refractivity contribution < 1.29 is 9.18 Å². The second-order valence-electron chi connectivity index (χ2n) is 8.48. The molecule has 1 aromatic carbocycles. The lowest BCUT2D eigenvalue weighted by Gasteiger charge is -2.57. The van der Waals surface area contributed by atoms with Crippen LogP contribution in [0.15, 0.2) is 24.3 Å². The average Bonchev–Trinajstić information content (AvgIpc) is 2.56. The van der Waals surface area contributed by atoms with E-state index in [0.29, 0.717) is 30.6 Å². The molecule has 128 valence electrons. The number of benzene rings is 1. The lowest BCUT2D eigenvalue weighted by atomic mass is 9.53. The van der Waals surface area contributed by atoms with E-state index in [0.717, 1.165) is 44.3 Å². The molecule has 6 rings (SSSR count). The zero-order valence-electron chi connectivity index (χ0n) is 14.0. The summed E-state index contributed by atoms with van der Waals surface area (Å²) in [4.78, 5) is 14.9. The first kappa shape index (κ1) is 14.7. The summed E-state index contributed by atoms with van der Waals surface area (Å²) in [7, 11) is 0. The second kappa shape index (κ2) is 5.21. The zero-order chi connectivity index (χ0) is 16.3. The maximum Gasteiger partial charge on any atom is 0.322 e. The van der Waals surface area contributed by atoms with Gasteiger partial charge in [-0.15, -0.1) is 0 Å². The van der Waals surface area contributed by atoms with Crippen LogP contribution >= 0.6 is 0 Å². The van der Waals surface area contributed by atoms with Crippen LogP contribution in [0.5, 0.6) is 0 Å². The van der Waals surface area contributed by atoms with E-state index in [1.165, 1.54) is 5.56 Å². The minimum absolute atomic E-state index is 0.0209. The highest BCUT2D eigenvalue weighted by Gasteiger charge is 2.56. The Morgan fingerprint density at radius 3 is 2.67 bits per heavy atom. The van der Waals surface area contributed by atoms with Crippen LogP contribution in [-0.2, 0) is 6.42 Å². The number of nitrogens with zero attached hydrogens (tertiary/aromatic N) is 1. The molecular weight excluding hydrogens is 303 g/mol. The van der Waals surface area contributed by atoms with Gasteiger partial charge in [-0.05, 0) is 74.3 Å². The number of anilines is 1. The SMILES string of the molecule is O=C(N[C@H]1[C@@H]2CC3C[C@H]1C[C@](F)(C3)C2)N1CCCc2ccccc21. The summed E-state index contributed by atoms with van der Waals surface area (Å²) < 4.78 is 14.8. The van der Waals surface area contributed by atoms with Gasteiger partial charge in [-0.1, -0.05) is 18.2 Å². The number of rotatable bonds is 1. The fourth-order valence-electron chi connectivity index (χ4n) is 6.13. The highest BCUT2D eigenvalue weighted by atomic mass is 19.1. The molecule has 1 aliphatic heterocycles. The van der Waals surface area contributed by atoms with Crippen LogP contribution in [-0.4, -0.2) is 24.3 Å². The van der Waals surface area contributed by atoms with E-state index in [2.05, 4.69) is 11.4 Å². The number of alkyl halides is 1. The fourth-order valence-corrected chi connectivity index (χ4v) is 6.13. The summed E-state index contributed by atoms with van der Waals surface area (Å²) in [6, 6.07) is 8.39. The van der Waals surface area contributed by atoms with E-state index >= 15 is 0 Å². The van der Waals surface area contributed by atoms with Gasteiger partial charge in [-0.2, -0.15) is 0 Å². The third-order valence-corrected chi connectivity index (χ3v) is 6.84. The molecule has 0 spiro atoms. The molecule has 4 aliphatic carbocycles. The second-order valence-corrected chi connectivity index (χ2v) is 8.48. The largest absolute Gasteiger partial charge is 0.334 e. The molecular formula is C20H25FN2O. The van der Waals surface area contributed by atoms with Gasteiger partial charge in [0.25, 0.3) is 0 Å². The number of fused-ring (bicyclic) bond motifs is 1. The van der Waals surface area contributed by atoms with Crippen molar-refractivity contribution in [1.29, 1.82) is 0 Å². The molecule has 4 saturated carbocycles. The van der Waals surface area contributed by atoms with Crippen LogP contribution in [0.25, 0.3) is 0 Å². The highest BCUT2D eigenvalue weighted by molar-refractivity contribution is 5.93. The molecule has 3 nitrogen and oxygen atoms in total. The van der Waals surface area contributed by atoms with Gasteiger partial charge in [0.05, 0.1) is 0 Å². The van der Waals surface area contributed by atoms with Crippen molar-refractivity contribution in [1.82, 2.24) is 5.32 Å². The molecule has 0 saturated heterocycles. The van der Waals surface area contributed by atoms with E-state index in [-0.39, 0.29) is 12.1 Å². The van der Waals surface area contributed by atoms with E-state index in [1.54, 1.807) is 0 Å². The molecule has 4 bridgehead atoms. The van der Waals surface area contributed by atoms with E-state index in [4.69, 9.17) is 0 Å². The number of urea groups is 1. The van der Waals surface area contributed by atoms with Crippen LogP contribution in [0.2, 0.25) is 0 Å². The summed E-state index contributed by atoms with van der Waals surface area (Å²) in [5.74, 6) is 1.23. The molecule has 0 radical (unpaired) electrons. The summed E-state index contributed by atoms with van der Waals surface area (Å²) in [5, 5.41) is 3.31. The molecule has 1 heterocycles. The van der Waals surface area contributed by atoms with Gasteiger partial charge in [-0.3, -0.25) is 4.90 Å². The quantitative estimate of drug-likeness (QED) is 0.828. The van der Waals surface area contributed by atoms with Crippen molar-refractivity contribution >= 4 is 11.7 Å². The Balaban J connectivity index is 1.35. The molecule has 4 fully saturated rings. The number of nitrogens with one attached hydrogen (secondary N) is 1. The molecule has 1 N–H and O–H groups in total. The number of halogens is 1. The molecule has 24 heavy (non-hydrogen) atoms. The number of hydrogen-bond donors (Lipinski definition) is 1. The molecule has 5 aliphatic rings. The van der Waals surface area contributed by atoms with Crippen molar-refractivity contribution in [3.63, 3.8) is 0 Å². The predicted octanol–water partition coefficient (Wildman–Crippen LogP) is 4.07. The van der Waals surface area contributed by atoms with Crippen LogP contribution in [0.3, 0.4) is 0 Å². The Kier molecular flexibility index (Phi) is 3.20. The Morgan fingerprint density at radius 2 is 1.92 bits per heavy atom. The summed E-state index contributed by atoms with van der Waals surface area (Å²) in [6.07, 6.45) is 6.33. The molecule has 0 aromatic heterocycles. The molecule has 5 atom stereocenters. The number of amides is 2. The Labute approximate surface area is 142 Å². The third-order valence-electron chi connectivity index (χ3n) is 6.84. The van der Waals surface area contributed by atoms with Gasteiger partial charge in [0.1, 0.15) is 5.67 Å². The average molecular weight is 328 g/mol. The predicted molar refractivity (Wildman–Crippen MR) is 91.8 cm³/mol. The minimum atomic E-state index is -0.935. The van der Waals surface area contributed by atoms with Crippen molar-refractivity contribution in [2.45, 2.75) is 56.7 Å². The topological polar surface area (TPSA) is 32.3 Å². The van der Waals surface area contributed by atoms with Gasteiger partial charge >= 0.3 is 6.03 Å². The molecule has 2 amide bonds. The molecule has 1 aromatic rings. The third kappa shape index (κ3) is 2.26.